The van der Waals surface area contributed by atoms with Gasteiger partial charge >= 0.3 is 0 Å². The van der Waals surface area contributed by atoms with Gasteiger partial charge in [0.1, 0.15) is 0 Å². The molecule has 0 aliphatic carbocycles. The summed E-state index contributed by atoms with van der Waals surface area (Å²) in [5, 5.41) is 0. The Bertz CT molecular complexity index is 269. The van der Waals surface area contributed by atoms with Crippen LogP contribution >= 0.6 is 7.80 Å². The fourth-order valence-electron chi connectivity index (χ4n) is 1.40. The molecule has 0 saturated carbocycles. The topological polar surface area (TPSA) is 17.1 Å². The van der Waals surface area contributed by atoms with E-state index in [0.717, 1.165) is 18.7 Å². The lowest BCUT2D eigenvalue weighted by atomic mass is 10.2. The van der Waals surface area contributed by atoms with Gasteiger partial charge in [-0.2, -0.15) is 0 Å². The summed E-state index contributed by atoms with van der Waals surface area (Å²) in [6.45, 7) is 2.17. The van der Waals surface area contributed by atoms with Crippen molar-refractivity contribution in [3.8, 4) is 0 Å². The van der Waals surface area contributed by atoms with Crippen LogP contribution in [0.4, 0.5) is 0 Å². The molecule has 0 amide bonds. The van der Waals surface area contributed by atoms with Crippen molar-refractivity contribution < 1.29 is 4.57 Å². The van der Waals surface area contributed by atoms with Gasteiger partial charge < -0.3 is 0 Å². The quantitative estimate of drug-likeness (QED) is 0.506. The van der Waals surface area contributed by atoms with Crippen LogP contribution in [0.15, 0.2) is 30.3 Å². The van der Waals surface area contributed by atoms with Crippen LogP contribution in [0.25, 0.3) is 0 Å². The Morgan fingerprint density at radius 2 is 1.86 bits per heavy atom. The number of benzene rings is 1. The van der Waals surface area contributed by atoms with E-state index in [1.165, 1.54) is 18.4 Å². The molecule has 0 aliphatic heterocycles. The van der Waals surface area contributed by atoms with Gasteiger partial charge in [0.15, 0.2) is 0 Å². The first kappa shape index (κ1) is 11.4. The van der Waals surface area contributed by atoms with E-state index in [1.807, 2.05) is 30.3 Å². The molecule has 1 aromatic rings. The Kier molecular flexibility index (Phi) is 5.47. The largest absolute Gasteiger partial charge is 0.287 e. The van der Waals surface area contributed by atoms with Crippen molar-refractivity contribution in [2.24, 2.45) is 0 Å². The molecule has 1 radical (unpaired) electrons. The van der Waals surface area contributed by atoms with Crippen molar-refractivity contribution in [3.63, 3.8) is 0 Å². The number of hydrogen-bond acceptors (Lipinski definition) is 1. The molecule has 0 bridgehead atoms. The summed E-state index contributed by atoms with van der Waals surface area (Å²) < 4.78 is 11.6. The second-order valence-corrected chi connectivity index (χ2v) is 5.28. The van der Waals surface area contributed by atoms with Crippen molar-refractivity contribution in [3.05, 3.63) is 35.9 Å². The van der Waals surface area contributed by atoms with Gasteiger partial charge in [-0.3, -0.25) is 4.57 Å². The lowest BCUT2D eigenvalue weighted by Gasteiger charge is -2.00. The van der Waals surface area contributed by atoms with E-state index in [9.17, 15) is 4.57 Å². The summed E-state index contributed by atoms with van der Waals surface area (Å²) in [6.07, 6.45) is 5.15. The van der Waals surface area contributed by atoms with E-state index in [2.05, 4.69) is 6.92 Å². The molecule has 0 spiro atoms. The zero-order valence-corrected chi connectivity index (χ0v) is 9.67. The summed E-state index contributed by atoms with van der Waals surface area (Å²) in [6, 6.07) is 10.1. The highest BCUT2D eigenvalue weighted by Crippen LogP contribution is 2.27. The van der Waals surface area contributed by atoms with E-state index < -0.39 is 7.80 Å². The van der Waals surface area contributed by atoms with Crippen LogP contribution in [0.1, 0.15) is 31.7 Å². The molecule has 0 aliphatic rings. The summed E-state index contributed by atoms with van der Waals surface area (Å²) in [5.41, 5.74) is 1.20. The first-order valence-electron chi connectivity index (χ1n) is 5.29. The van der Waals surface area contributed by atoms with Crippen LogP contribution in [-0.4, -0.2) is 6.16 Å². The molecule has 0 N–H and O–H groups in total. The van der Waals surface area contributed by atoms with Gasteiger partial charge in [-0.15, -0.1) is 0 Å². The zero-order chi connectivity index (χ0) is 10.2. The molecular formula is C12H18OP. The molecule has 0 saturated heterocycles. The smallest absolute Gasteiger partial charge is 0.0763 e. The molecule has 1 aromatic carbocycles. The molecule has 77 valence electrons. The summed E-state index contributed by atoms with van der Waals surface area (Å²) in [7, 11) is -1.02. The highest BCUT2D eigenvalue weighted by Gasteiger charge is 2.01. The molecule has 1 atom stereocenters. The van der Waals surface area contributed by atoms with Gasteiger partial charge in [0.2, 0.25) is 0 Å². The molecule has 1 rings (SSSR count). The van der Waals surface area contributed by atoms with Crippen LogP contribution in [0.5, 0.6) is 0 Å². The van der Waals surface area contributed by atoms with Crippen molar-refractivity contribution in [1.82, 2.24) is 0 Å². The van der Waals surface area contributed by atoms with Crippen LogP contribution in [0.3, 0.4) is 0 Å². The average Bonchev–Trinajstić information content (AvgIpc) is 2.20. The fraction of sp³-hybridized carbons (Fsp3) is 0.500. The summed E-state index contributed by atoms with van der Waals surface area (Å²) in [5.74, 6) is 0. The zero-order valence-electron chi connectivity index (χ0n) is 8.78. The van der Waals surface area contributed by atoms with Gasteiger partial charge in [-0.25, -0.2) is 0 Å². The minimum Gasteiger partial charge on any atom is -0.287 e. The third-order valence-corrected chi connectivity index (χ3v) is 3.75. The lowest BCUT2D eigenvalue weighted by molar-refractivity contribution is 0.584. The second kappa shape index (κ2) is 6.73. The Balaban J connectivity index is 2.27. The van der Waals surface area contributed by atoms with Gasteiger partial charge in [0, 0.05) is 12.3 Å². The highest BCUT2D eigenvalue weighted by molar-refractivity contribution is 7.43. The monoisotopic (exact) mass is 209 g/mol. The Morgan fingerprint density at radius 3 is 2.50 bits per heavy atom. The van der Waals surface area contributed by atoms with Gasteiger partial charge in [0.05, 0.1) is 7.80 Å². The van der Waals surface area contributed by atoms with E-state index >= 15 is 0 Å². The van der Waals surface area contributed by atoms with Gasteiger partial charge in [-0.1, -0.05) is 50.1 Å². The predicted molar refractivity (Wildman–Crippen MR) is 62.1 cm³/mol. The number of hydrogen-bond donors (Lipinski definition) is 0. The van der Waals surface area contributed by atoms with Gasteiger partial charge in [0.25, 0.3) is 0 Å². The Hall–Kier alpha value is -0.680. The standard InChI is InChI=1S/C12H18OP/c1-2-3-7-10-14(13)11-12-8-5-4-6-9-12/h4-6,8-9H,2-3,7,10-11H2,1H3. The molecule has 0 heterocycles. The molecule has 1 unspecified atom stereocenters. The van der Waals surface area contributed by atoms with Crippen LogP contribution < -0.4 is 0 Å². The molecular weight excluding hydrogens is 191 g/mol. The Labute approximate surface area is 87.3 Å². The maximum atomic E-state index is 11.6. The van der Waals surface area contributed by atoms with E-state index in [-0.39, 0.29) is 0 Å². The minimum absolute atomic E-state index is 0.750. The van der Waals surface area contributed by atoms with E-state index in [0.29, 0.717) is 0 Å². The summed E-state index contributed by atoms with van der Waals surface area (Å²) >= 11 is 0. The average molecular weight is 209 g/mol. The van der Waals surface area contributed by atoms with Crippen molar-refractivity contribution in [2.75, 3.05) is 6.16 Å². The Morgan fingerprint density at radius 1 is 1.14 bits per heavy atom. The third-order valence-electron chi connectivity index (χ3n) is 2.21. The highest BCUT2D eigenvalue weighted by atomic mass is 31.1. The molecule has 0 fully saturated rings. The maximum absolute atomic E-state index is 11.6. The number of rotatable bonds is 6. The summed E-state index contributed by atoms with van der Waals surface area (Å²) in [4.78, 5) is 0. The SMILES string of the molecule is CCCCC[P](=O)Cc1ccccc1. The second-order valence-electron chi connectivity index (χ2n) is 3.56. The van der Waals surface area contributed by atoms with Gasteiger partial charge in [-0.05, 0) is 12.0 Å². The number of unbranched alkanes of at least 4 members (excludes halogenated alkanes) is 2. The van der Waals surface area contributed by atoms with Crippen LogP contribution in [-0.2, 0) is 10.7 Å². The van der Waals surface area contributed by atoms with Crippen LogP contribution in [0.2, 0.25) is 0 Å². The molecule has 14 heavy (non-hydrogen) atoms. The first-order valence-corrected chi connectivity index (χ1v) is 6.92. The maximum Gasteiger partial charge on any atom is 0.0763 e. The van der Waals surface area contributed by atoms with E-state index in [4.69, 9.17) is 0 Å². The van der Waals surface area contributed by atoms with Crippen molar-refractivity contribution >= 4 is 7.80 Å². The lowest BCUT2D eigenvalue weighted by Crippen LogP contribution is -1.83. The normalized spacial score (nSPS) is 11.4. The predicted octanol–water partition coefficient (Wildman–Crippen LogP) is 4.20. The molecule has 1 nitrogen and oxygen atoms in total. The molecule has 2 heteroatoms. The third kappa shape index (κ3) is 4.53. The van der Waals surface area contributed by atoms with E-state index in [1.54, 1.807) is 0 Å². The van der Waals surface area contributed by atoms with Crippen molar-refractivity contribution in [2.45, 2.75) is 32.3 Å². The van der Waals surface area contributed by atoms with Crippen molar-refractivity contribution in [1.29, 1.82) is 0 Å². The molecule has 0 aromatic heterocycles. The minimum atomic E-state index is -1.02. The van der Waals surface area contributed by atoms with Crippen LogP contribution in [0, 0.1) is 0 Å². The first-order chi connectivity index (χ1) is 6.83. The fourth-order valence-corrected chi connectivity index (χ4v) is 2.76.